The van der Waals surface area contributed by atoms with Crippen LogP contribution < -0.4 is 5.32 Å². The average Bonchev–Trinajstić information content (AvgIpc) is 2.47. The van der Waals surface area contributed by atoms with Gasteiger partial charge in [-0.15, -0.1) is 11.8 Å². The molecule has 4 heteroatoms. The van der Waals surface area contributed by atoms with Crippen molar-refractivity contribution in [2.45, 2.75) is 16.9 Å². The van der Waals surface area contributed by atoms with Gasteiger partial charge in [0.1, 0.15) is 0 Å². The number of thioether (sulfide) groups is 1. The van der Waals surface area contributed by atoms with Gasteiger partial charge in [0.15, 0.2) is 5.54 Å². The Kier molecular flexibility index (Phi) is 3.73. The van der Waals surface area contributed by atoms with Crippen molar-refractivity contribution in [1.29, 1.82) is 5.26 Å². The third kappa shape index (κ3) is 2.44. The van der Waals surface area contributed by atoms with Crippen LogP contribution >= 0.6 is 27.7 Å². The number of hydrogen-bond donors (Lipinski definition) is 1. The Morgan fingerprint density at radius 1 is 1.20 bits per heavy atom. The van der Waals surface area contributed by atoms with E-state index >= 15 is 0 Å². The van der Waals surface area contributed by atoms with Crippen molar-refractivity contribution >= 4 is 33.4 Å². The molecule has 0 fully saturated rings. The van der Waals surface area contributed by atoms with E-state index < -0.39 is 5.54 Å². The van der Waals surface area contributed by atoms with Crippen LogP contribution in [0.5, 0.6) is 0 Å². The molecule has 0 spiro atoms. The monoisotopic (exact) mass is 344 g/mol. The molecule has 1 N–H and O–H groups in total. The first-order chi connectivity index (χ1) is 9.73. The normalized spacial score (nSPS) is 20.8. The Hall–Kier alpha value is -1.44. The van der Waals surface area contributed by atoms with Gasteiger partial charge in [-0.2, -0.15) is 5.26 Å². The van der Waals surface area contributed by atoms with Crippen LogP contribution in [0.4, 0.5) is 5.69 Å². The first-order valence-corrected chi connectivity index (χ1v) is 8.19. The molecule has 0 aromatic heterocycles. The fourth-order valence-electron chi connectivity index (χ4n) is 2.48. The summed E-state index contributed by atoms with van der Waals surface area (Å²) in [5.74, 6) is 0.950. The zero-order valence-electron chi connectivity index (χ0n) is 10.8. The highest BCUT2D eigenvalue weighted by Crippen LogP contribution is 2.42. The minimum atomic E-state index is -0.636. The molecular formula is C16H13BrN2S. The molecule has 2 aromatic carbocycles. The van der Waals surface area contributed by atoms with Crippen LogP contribution in [0, 0.1) is 11.3 Å². The van der Waals surface area contributed by atoms with E-state index in [2.05, 4.69) is 39.4 Å². The van der Waals surface area contributed by atoms with Crippen molar-refractivity contribution in [2.75, 3.05) is 11.1 Å². The Morgan fingerprint density at radius 2 is 2.05 bits per heavy atom. The van der Waals surface area contributed by atoms with Gasteiger partial charge >= 0.3 is 0 Å². The summed E-state index contributed by atoms with van der Waals surface area (Å²) in [5.41, 5.74) is 1.41. The predicted octanol–water partition coefficient (Wildman–Crippen LogP) is 4.78. The van der Waals surface area contributed by atoms with Gasteiger partial charge in [-0.1, -0.05) is 40.2 Å². The molecule has 1 aliphatic rings. The third-order valence-corrected chi connectivity index (χ3v) is 5.02. The van der Waals surface area contributed by atoms with E-state index in [0.717, 1.165) is 27.9 Å². The lowest BCUT2D eigenvalue weighted by atomic mass is 9.87. The van der Waals surface area contributed by atoms with E-state index in [1.807, 2.05) is 48.2 Å². The minimum Gasteiger partial charge on any atom is -0.364 e. The molecule has 1 heterocycles. The topological polar surface area (TPSA) is 35.8 Å². The smallest absolute Gasteiger partial charge is 0.152 e. The molecule has 0 aliphatic carbocycles. The number of halogens is 1. The standard InChI is InChI=1S/C16H13BrN2S/c17-12-4-3-5-13(10-12)19-16(11-18)8-9-20-15-7-2-1-6-14(15)16/h1-7,10,19H,8-9H2. The van der Waals surface area contributed by atoms with Crippen molar-refractivity contribution in [3.05, 3.63) is 58.6 Å². The lowest BCUT2D eigenvalue weighted by Gasteiger charge is -2.34. The molecule has 100 valence electrons. The summed E-state index contributed by atoms with van der Waals surface area (Å²) in [5, 5.41) is 13.2. The SMILES string of the molecule is N#CC1(Nc2cccc(Br)c2)CCSc2ccccc21. The quantitative estimate of drug-likeness (QED) is 0.851. The molecule has 3 rings (SSSR count). The van der Waals surface area contributed by atoms with Gasteiger partial charge in [0.05, 0.1) is 6.07 Å². The van der Waals surface area contributed by atoms with Crippen molar-refractivity contribution < 1.29 is 0 Å². The first kappa shape index (κ1) is 13.5. The second-order valence-electron chi connectivity index (χ2n) is 4.75. The molecule has 20 heavy (non-hydrogen) atoms. The van der Waals surface area contributed by atoms with Crippen LogP contribution in [0.2, 0.25) is 0 Å². The van der Waals surface area contributed by atoms with E-state index in [9.17, 15) is 5.26 Å². The first-order valence-electron chi connectivity index (χ1n) is 6.41. The summed E-state index contributed by atoms with van der Waals surface area (Å²) in [6.07, 6.45) is 0.803. The van der Waals surface area contributed by atoms with Gasteiger partial charge in [0.2, 0.25) is 0 Å². The summed E-state index contributed by atoms with van der Waals surface area (Å²) in [4.78, 5) is 1.20. The molecule has 1 aliphatic heterocycles. The maximum Gasteiger partial charge on any atom is 0.152 e. The van der Waals surface area contributed by atoms with Crippen molar-refractivity contribution in [2.24, 2.45) is 0 Å². The number of fused-ring (bicyclic) bond motifs is 1. The number of nitrogens with zero attached hydrogens (tertiary/aromatic N) is 1. The second kappa shape index (κ2) is 5.51. The molecule has 0 saturated heterocycles. The molecule has 0 saturated carbocycles. The second-order valence-corrected chi connectivity index (χ2v) is 6.80. The van der Waals surface area contributed by atoms with Gasteiger partial charge in [-0.05, 0) is 30.7 Å². The van der Waals surface area contributed by atoms with Gasteiger partial charge in [0, 0.05) is 26.4 Å². The molecule has 0 amide bonds. The van der Waals surface area contributed by atoms with Crippen molar-refractivity contribution in [1.82, 2.24) is 0 Å². The zero-order chi connectivity index (χ0) is 14.0. The summed E-state index contributed by atoms with van der Waals surface area (Å²) in [7, 11) is 0. The summed E-state index contributed by atoms with van der Waals surface area (Å²) in [6, 6.07) is 18.6. The van der Waals surface area contributed by atoms with E-state index in [4.69, 9.17) is 0 Å². The van der Waals surface area contributed by atoms with E-state index in [1.54, 1.807) is 0 Å². The number of hydrogen-bond acceptors (Lipinski definition) is 3. The average molecular weight is 345 g/mol. The number of anilines is 1. The van der Waals surface area contributed by atoms with E-state index in [-0.39, 0.29) is 0 Å². The number of nitrogens with one attached hydrogen (secondary N) is 1. The van der Waals surface area contributed by atoms with E-state index in [0.29, 0.717) is 0 Å². The van der Waals surface area contributed by atoms with Gasteiger partial charge in [-0.25, -0.2) is 0 Å². The third-order valence-electron chi connectivity index (χ3n) is 3.45. The van der Waals surface area contributed by atoms with Crippen LogP contribution in [-0.4, -0.2) is 5.75 Å². The van der Waals surface area contributed by atoms with Crippen LogP contribution in [0.15, 0.2) is 57.9 Å². The maximum atomic E-state index is 9.79. The molecule has 0 bridgehead atoms. The highest BCUT2D eigenvalue weighted by molar-refractivity contribution is 9.10. The van der Waals surface area contributed by atoms with Crippen LogP contribution in [0.25, 0.3) is 0 Å². The highest BCUT2D eigenvalue weighted by Gasteiger charge is 2.37. The van der Waals surface area contributed by atoms with Crippen LogP contribution in [0.1, 0.15) is 12.0 Å². The summed E-state index contributed by atoms with van der Waals surface area (Å²) >= 11 is 5.29. The Balaban J connectivity index is 2.03. The zero-order valence-corrected chi connectivity index (χ0v) is 13.2. The fourth-order valence-corrected chi connectivity index (χ4v) is 4.08. The number of rotatable bonds is 2. The Bertz CT molecular complexity index is 680. The number of nitriles is 1. The highest BCUT2D eigenvalue weighted by atomic mass is 79.9. The molecule has 1 atom stereocenters. The van der Waals surface area contributed by atoms with Gasteiger partial charge in [0.25, 0.3) is 0 Å². The van der Waals surface area contributed by atoms with Crippen molar-refractivity contribution in [3.8, 4) is 6.07 Å². The number of benzene rings is 2. The lowest BCUT2D eigenvalue weighted by Crippen LogP contribution is -2.37. The predicted molar refractivity (Wildman–Crippen MR) is 86.8 cm³/mol. The van der Waals surface area contributed by atoms with Crippen LogP contribution in [0.3, 0.4) is 0 Å². The molecule has 1 unspecified atom stereocenters. The Morgan fingerprint density at radius 3 is 2.85 bits per heavy atom. The Labute approximate surface area is 131 Å². The molecule has 2 aromatic rings. The maximum absolute atomic E-state index is 9.79. The summed E-state index contributed by atoms with van der Waals surface area (Å²) in [6.45, 7) is 0. The van der Waals surface area contributed by atoms with E-state index in [1.165, 1.54) is 4.90 Å². The summed E-state index contributed by atoms with van der Waals surface area (Å²) < 4.78 is 1.01. The fraction of sp³-hybridized carbons (Fsp3) is 0.188. The lowest BCUT2D eigenvalue weighted by molar-refractivity contribution is 0.589. The van der Waals surface area contributed by atoms with Crippen molar-refractivity contribution in [3.63, 3.8) is 0 Å². The molecule has 0 radical (unpaired) electrons. The minimum absolute atomic E-state index is 0.636. The molecular weight excluding hydrogens is 332 g/mol. The molecule has 2 nitrogen and oxygen atoms in total. The van der Waals surface area contributed by atoms with Crippen LogP contribution in [-0.2, 0) is 5.54 Å². The largest absolute Gasteiger partial charge is 0.364 e. The van der Waals surface area contributed by atoms with Gasteiger partial charge < -0.3 is 5.32 Å². The van der Waals surface area contributed by atoms with Gasteiger partial charge in [-0.3, -0.25) is 0 Å².